The maximum absolute atomic E-state index is 12.5. The predicted octanol–water partition coefficient (Wildman–Crippen LogP) is 1.02. The molecule has 0 spiro atoms. The number of benzene rings is 1. The van der Waals surface area contributed by atoms with E-state index in [0.29, 0.717) is 29.2 Å². The number of imidazole rings is 1. The van der Waals surface area contributed by atoms with Gasteiger partial charge in [0.15, 0.2) is 0 Å². The molecule has 6 nitrogen and oxygen atoms in total. The first kappa shape index (κ1) is 13.9. The Balaban J connectivity index is 1.74. The van der Waals surface area contributed by atoms with Crippen molar-refractivity contribution < 1.29 is 4.79 Å². The van der Waals surface area contributed by atoms with Gasteiger partial charge in [-0.05, 0) is 32.0 Å². The summed E-state index contributed by atoms with van der Waals surface area (Å²) < 4.78 is 0. The first-order valence-electron chi connectivity index (χ1n) is 7.23. The largest absolute Gasteiger partial charge is 0.340 e. The van der Waals surface area contributed by atoms with Gasteiger partial charge < -0.3 is 19.8 Å². The maximum Gasteiger partial charge on any atom is 0.323 e. The van der Waals surface area contributed by atoms with Crippen LogP contribution in [0.4, 0.5) is 0 Å². The normalized spacial score (nSPS) is 14.8. The van der Waals surface area contributed by atoms with Gasteiger partial charge in [0.05, 0.1) is 16.6 Å². The van der Waals surface area contributed by atoms with Gasteiger partial charge in [0.25, 0.3) is 5.91 Å². The van der Waals surface area contributed by atoms with E-state index < -0.39 is 0 Å². The van der Waals surface area contributed by atoms with Gasteiger partial charge in [0.1, 0.15) is 0 Å². The highest BCUT2D eigenvalue weighted by Gasteiger charge is 2.26. The summed E-state index contributed by atoms with van der Waals surface area (Å²) in [5.41, 5.74) is 1.48. The molecule has 112 valence electrons. The highest BCUT2D eigenvalue weighted by Crippen LogP contribution is 2.24. The zero-order chi connectivity index (χ0) is 15.0. The van der Waals surface area contributed by atoms with Crippen molar-refractivity contribution in [3.05, 3.63) is 34.2 Å². The molecule has 21 heavy (non-hydrogen) atoms. The molecule has 0 bridgehead atoms. The minimum absolute atomic E-state index is 0.0694. The molecule has 1 aromatic carbocycles. The summed E-state index contributed by atoms with van der Waals surface area (Å²) in [6.07, 6.45) is 2.52. The van der Waals surface area contributed by atoms with Crippen LogP contribution in [0, 0.1) is 0 Å². The molecule has 1 heterocycles. The number of nitrogens with zero attached hydrogens (tertiary/aromatic N) is 2. The molecule has 1 amide bonds. The van der Waals surface area contributed by atoms with Crippen LogP contribution in [0.25, 0.3) is 11.0 Å². The van der Waals surface area contributed by atoms with Crippen LogP contribution in [0.2, 0.25) is 0 Å². The predicted molar refractivity (Wildman–Crippen MR) is 81.5 cm³/mol. The van der Waals surface area contributed by atoms with E-state index >= 15 is 0 Å². The second-order valence-electron chi connectivity index (χ2n) is 5.75. The second kappa shape index (κ2) is 5.37. The molecule has 0 aliphatic heterocycles. The first-order valence-corrected chi connectivity index (χ1v) is 7.23. The van der Waals surface area contributed by atoms with Crippen LogP contribution in [-0.4, -0.2) is 58.9 Å². The minimum Gasteiger partial charge on any atom is -0.340 e. The molecule has 6 heteroatoms. The number of hydrogen-bond acceptors (Lipinski definition) is 3. The Kier molecular flexibility index (Phi) is 3.55. The van der Waals surface area contributed by atoms with Crippen LogP contribution < -0.4 is 5.69 Å². The number of H-pyrrole nitrogens is 2. The number of aromatic nitrogens is 2. The van der Waals surface area contributed by atoms with E-state index in [1.807, 2.05) is 0 Å². The van der Waals surface area contributed by atoms with E-state index in [-0.39, 0.29) is 11.6 Å². The van der Waals surface area contributed by atoms with E-state index in [9.17, 15) is 9.59 Å². The molecule has 2 aromatic rings. The average molecular weight is 288 g/mol. The number of carbonyl (C=O) groups excluding carboxylic acids is 1. The highest BCUT2D eigenvalue weighted by atomic mass is 16.2. The van der Waals surface area contributed by atoms with Gasteiger partial charge in [0.2, 0.25) is 0 Å². The molecule has 0 radical (unpaired) electrons. The summed E-state index contributed by atoms with van der Waals surface area (Å²) in [6, 6.07) is 6.00. The van der Waals surface area contributed by atoms with Crippen molar-refractivity contribution in [2.75, 3.05) is 27.2 Å². The van der Waals surface area contributed by atoms with Crippen LogP contribution >= 0.6 is 0 Å². The SMILES string of the molecule is CN(CCN(C)C1CC1)C(=O)c1cccc2[nH]c(=O)[nH]c12. The fourth-order valence-corrected chi connectivity index (χ4v) is 2.55. The molecule has 3 rings (SSSR count). The molecule has 2 N–H and O–H groups in total. The Morgan fingerprint density at radius 2 is 2.00 bits per heavy atom. The van der Waals surface area contributed by atoms with Gasteiger partial charge in [-0.1, -0.05) is 6.07 Å². The molecule has 1 fully saturated rings. The van der Waals surface area contributed by atoms with Crippen molar-refractivity contribution in [3.63, 3.8) is 0 Å². The third-order valence-corrected chi connectivity index (χ3v) is 4.09. The summed E-state index contributed by atoms with van der Waals surface area (Å²) >= 11 is 0. The van der Waals surface area contributed by atoms with Crippen LogP contribution in [0.5, 0.6) is 0 Å². The molecule has 1 aromatic heterocycles. The van der Waals surface area contributed by atoms with E-state index in [4.69, 9.17) is 0 Å². The number of aromatic amines is 2. The highest BCUT2D eigenvalue weighted by molar-refractivity contribution is 6.04. The molecule has 0 atom stereocenters. The number of amides is 1. The minimum atomic E-state index is -0.290. The van der Waals surface area contributed by atoms with E-state index in [1.54, 1.807) is 30.1 Å². The molecule has 1 aliphatic rings. The zero-order valence-corrected chi connectivity index (χ0v) is 12.3. The summed E-state index contributed by atoms with van der Waals surface area (Å²) in [5, 5.41) is 0. The van der Waals surface area contributed by atoms with Crippen molar-refractivity contribution in [2.45, 2.75) is 18.9 Å². The van der Waals surface area contributed by atoms with Crippen LogP contribution in [-0.2, 0) is 0 Å². The van der Waals surface area contributed by atoms with Crippen molar-refractivity contribution in [2.24, 2.45) is 0 Å². The Hall–Kier alpha value is -2.08. The number of fused-ring (bicyclic) bond motifs is 1. The molecule has 0 saturated heterocycles. The summed E-state index contributed by atoms with van der Waals surface area (Å²) in [4.78, 5) is 33.3. The number of para-hydroxylation sites is 1. The smallest absolute Gasteiger partial charge is 0.323 e. The molecular formula is C15H20N4O2. The van der Waals surface area contributed by atoms with Crippen LogP contribution in [0.15, 0.2) is 23.0 Å². The lowest BCUT2D eigenvalue weighted by molar-refractivity contribution is 0.0783. The van der Waals surface area contributed by atoms with Crippen molar-refractivity contribution >= 4 is 16.9 Å². The molecule has 1 saturated carbocycles. The first-order chi connectivity index (χ1) is 10.1. The van der Waals surface area contributed by atoms with E-state index in [2.05, 4.69) is 21.9 Å². The Morgan fingerprint density at radius 3 is 2.71 bits per heavy atom. The van der Waals surface area contributed by atoms with Crippen LogP contribution in [0.3, 0.4) is 0 Å². The monoisotopic (exact) mass is 288 g/mol. The standard InChI is InChI=1S/C15H20N4O2/c1-18(10-6-7-10)8-9-19(2)14(20)11-4-3-5-12-13(11)17-15(21)16-12/h3-5,10H,6-9H2,1-2H3,(H2,16,17,21). The number of likely N-dealkylation sites (N-methyl/N-ethyl adjacent to an activating group) is 2. The fourth-order valence-electron chi connectivity index (χ4n) is 2.55. The topological polar surface area (TPSA) is 72.2 Å². The number of hydrogen-bond donors (Lipinski definition) is 2. The van der Waals surface area contributed by atoms with Crippen molar-refractivity contribution in [3.8, 4) is 0 Å². The van der Waals surface area contributed by atoms with Gasteiger partial charge >= 0.3 is 5.69 Å². The Morgan fingerprint density at radius 1 is 1.24 bits per heavy atom. The summed E-state index contributed by atoms with van der Waals surface area (Å²) in [7, 11) is 3.90. The van der Waals surface area contributed by atoms with Crippen molar-refractivity contribution in [1.82, 2.24) is 19.8 Å². The van der Waals surface area contributed by atoms with Crippen molar-refractivity contribution in [1.29, 1.82) is 0 Å². The number of rotatable bonds is 5. The lowest BCUT2D eigenvalue weighted by Crippen LogP contribution is -2.35. The second-order valence-corrected chi connectivity index (χ2v) is 5.75. The van der Waals surface area contributed by atoms with E-state index in [0.717, 1.165) is 6.54 Å². The Labute approximate surface area is 122 Å². The van der Waals surface area contributed by atoms with Gasteiger partial charge in [0, 0.05) is 26.2 Å². The average Bonchev–Trinajstić information content (AvgIpc) is 3.24. The zero-order valence-electron chi connectivity index (χ0n) is 12.3. The molecular weight excluding hydrogens is 268 g/mol. The quantitative estimate of drug-likeness (QED) is 0.863. The number of nitrogens with one attached hydrogen (secondary N) is 2. The Bertz CT molecular complexity index is 714. The lowest BCUT2D eigenvalue weighted by Gasteiger charge is -2.22. The third kappa shape index (κ3) is 2.85. The van der Waals surface area contributed by atoms with E-state index in [1.165, 1.54) is 12.8 Å². The summed E-state index contributed by atoms with van der Waals surface area (Å²) in [5.74, 6) is -0.0694. The number of carbonyl (C=O) groups is 1. The molecule has 0 unspecified atom stereocenters. The van der Waals surface area contributed by atoms with Gasteiger partial charge in [-0.2, -0.15) is 0 Å². The third-order valence-electron chi connectivity index (χ3n) is 4.09. The van der Waals surface area contributed by atoms with Gasteiger partial charge in [-0.3, -0.25) is 4.79 Å². The maximum atomic E-state index is 12.5. The fraction of sp³-hybridized carbons (Fsp3) is 0.467. The van der Waals surface area contributed by atoms with Gasteiger partial charge in [-0.25, -0.2) is 4.79 Å². The summed E-state index contributed by atoms with van der Waals surface area (Å²) in [6.45, 7) is 1.55. The van der Waals surface area contributed by atoms with Crippen LogP contribution in [0.1, 0.15) is 23.2 Å². The van der Waals surface area contributed by atoms with Gasteiger partial charge in [-0.15, -0.1) is 0 Å². The molecule has 1 aliphatic carbocycles. The lowest BCUT2D eigenvalue weighted by atomic mass is 10.1.